The average Bonchev–Trinajstić information content (AvgIpc) is 2.77. The van der Waals surface area contributed by atoms with Crippen molar-refractivity contribution in [3.8, 4) is 11.4 Å². The van der Waals surface area contributed by atoms with Gasteiger partial charge < -0.3 is 10.3 Å². The second kappa shape index (κ2) is 4.96. The Morgan fingerprint density at radius 3 is 2.80 bits per heavy atom. The third kappa shape index (κ3) is 2.13. The summed E-state index contributed by atoms with van der Waals surface area (Å²) in [6.07, 6.45) is 2.79. The topological polar surface area (TPSA) is 56.7 Å². The van der Waals surface area contributed by atoms with Crippen molar-refractivity contribution in [2.45, 2.75) is 26.8 Å². The molecule has 0 aliphatic heterocycles. The van der Waals surface area contributed by atoms with Crippen LogP contribution < -0.4 is 5.73 Å². The predicted molar refractivity (Wildman–Crippen MR) is 82.4 cm³/mol. The Morgan fingerprint density at radius 2 is 2.05 bits per heavy atom. The van der Waals surface area contributed by atoms with E-state index in [0.29, 0.717) is 5.82 Å². The minimum atomic E-state index is 0.522. The van der Waals surface area contributed by atoms with Crippen molar-refractivity contribution in [2.24, 2.45) is 0 Å². The van der Waals surface area contributed by atoms with Gasteiger partial charge in [-0.3, -0.25) is 0 Å². The van der Waals surface area contributed by atoms with Gasteiger partial charge in [-0.2, -0.15) is 0 Å². The van der Waals surface area contributed by atoms with E-state index in [2.05, 4.69) is 41.6 Å². The lowest BCUT2D eigenvalue weighted by Crippen LogP contribution is -2.00. The highest BCUT2D eigenvalue weighted by atomic mass is 15.1. The molecule has 0 amide bonds. The average molecular weight is 266 g/mol. The first kappa shape index (κ1) is 12.7. The third-order valence-electron chi connectivity index (χ3n) is 3.39. The Bertz CT molecular complexity index is 758. The number of benzene rings is 1. The molecule has 0 saturated heterocycles. The standard InChI is InChI=1S/C16H18N4/c1-3-8-20-14-5-4-11(2)9-13(14)19-16(20)12-6-7-18-15(17)10-12/h4-7,9-10H,3,8H2,1-2H3,(H2,17,18). The van der Waals surface area contributed by atoms with Crippen LogP contribution in [0.1, 0.15) is 18.9 Å². The molecular weight excluding hydrogens is 248 g/mol. The van der Waals surface area contributed by atoms with Gasteiger partial charge in [-0.05, 0) is 43.2 Å². The molecule has 1 aromatic carbocycles. The number of nitrogen functional groups attached to an aromatic ring is 1. The largest absolute Gasteiger partial charge is 0.384 e. The summed E-state index contributed by atoms with van der Waals surface area (Å²) in [7, 11) is 0. The molecule has 0 spiro atoms. The quantitative estimate of drug-likeness (QED) is 0.790. The first-order chi connectivity index (χ1) is 9.69. The first-order valence-corrected chi connectivity index (χ1v) is 6.88. The molecule has 0 unspecified atom stereocenters. The molecular formula is C16H18N4. The van der Waals surface area contributed by atoms with Crippen LogP contribution in [-0.2, 0) is 6.54 Å². The maximum absolute atomic E-state index is 5.79. The van der Waals surface area contributed by atoms with Gasteiger partial charge in [0.05, 0.1) is 11.0 Å². The highest BCUT2D eigenvalue weighted by Gasteiger charge is 2.12. The minimum absolute atomic E-state index is 0.522. The highest BCUT2D eigenvalue weighted by Crippen LogP contribution is 2.26. The number of pyridine rings is 1. The Balaban J connectivity index is 2.25. The number of rotatable bonds is 3. The number of nitrogens with zero attached hydrogens (tertiary/aromatic N) is 3. The maximum atomic E-state index is 5.79. The first-order valence-electron chi connectivity index (χ1n) is 6.88. The minimum Gasteiger partial charge on any atom is -0.384 e. The van der Waals surface area contributed by atoms with Crippen molar-refractivity contribution in [3.63, 3.8) is 0 Å². The zero-order chi connectivity index (χ0) is 14.1. The number of hydrogen-bond donors (Lipinski definition) is 1. The molecule has 3 rings (SSSR count). The lowest BCUT2D eigenvalue weighted by atomic mass is 10.2. The molecule has 3 aromatic rings. The van der Waals surface area contributed by atoms with Crippen molar-refractivity contribution >= 4 is 16.9 Å². The Hall–Kier alpha value is -2.36. The molecule has 2 N–H and O–H groups in total. The van der Waals surface area contributed by atoms with E-state index in [1.807, 2.05) is 12.1 Å². The van der Waals surface area contributed by atoms with E-state index in [-0.39, 0.29) is 0 Å². The van der Waals surface area contributed by atoms with E-state index in [4.69, 9.17) is 10.7 Å². The van der Waals surface area contributed by atoms with Crippen LogP contribution in [0.4, 0.5) is 5.82 Å². The number of aromatic nitrogens is 3. The summed E-state index contributed by atoms with van der Waals surface area (Å²) in [4.78, 5) is 8.83. The second-order valence-electron chi connectivity index (χ2n) is 5.05. The van der Waals surface area contributed by atoms with Crippen LogP contribution in [0.25, 0.3) is 22.4 Å². The molecule has 0 aliphatic rings. The fourth-order valence-corrected chi connectivity index (χ4v) is 2.50. The zero-order valence-corrected chi connectivity index (χ0v) is 11.8. The molecule has 0 atom stereocenters. The molecule has 4 heteroatoms. The molecule has 0 saturated carbocycles. The molecule has 4 nitrogen and oxygen atoms in total. The lowest BCUT2D eigenvalue weighted by molar-refractivity contribution is 0.704. The second-order valence-corrected chi connectivity index (χ2v) is 5.05. The van der Waals surface area contributed by atoms with Gasteiger partial charge in [0.15, 0.2) is 0 Å². The van der Waals surface area contributed by atoms with E-state index in [1.54, 1.807) is 6.20 Å². The summed E-state index contributed by atoms with van der Waals surface area (Å²) in [5.41, 5.74) is 10.2. The van der Waals surface area contributed by atoms with Gasteiger partial charge in [0.2, 0.25) is 0 Å². The summed E-state index contributed by atoms with van der Waals surface area (Å²) in [5.74, 6) is 1.48. The summed E-state index contributed by atoms with van der Waals surface area (Å²) in [5, 5.41) is 0. The molecule has 2 aromatic heterocycles. The zero-order valence-electron chi connectivity index (χ0n) is 11.8. The van der Waals surface area contributed by atoms with Gasteiger partial charge in [-0.15, -0.1) is 0 Å². The predicted octanol–water partition coefficient (Wildman–Crippen LogP) is 3.40. The number of aryl methyl sites for hydroxylation is 2. The summed E-state index contributed by atoms with van der Waals surface area (Å²) < 4.78 is 2.25. The molecule has 20 heavy (non-hydrogen) atoms. The van der Waals surface area contributed by atoms with Crippen molar-refractivity contribution in [2.75, 3.05) is 5.73 Å². The number of fused-ring (bicyclic) bond motifs is 1. The van der Waals surface area contributed by atoms with Gasteiger partial charge in [-0.25, -0.2) is 9.97 Å². The number of anilines is 1. The van der Waals surface area contributed by atoms with E-state index in [9.17, 15) is 0 Å². The van der Waals surface area contributed by atoms with E-state index >= 15 is 0 Å². The normalized spacial score (nSPS) is 11.1. The van der Waals surface area contributed by atoms with Crippen LogP contribution >= 0.6 is 0 Å². The highest BCUT2D eigenvalue weighted by molar-refractivity contribution is 5.81. The Labute approximate surface area is 118 Å². The van der Waals surface area contributed by atoms with Gasteiger partial charge in [-0.1, -0.05) is 13.0 Å². The van der Waals surface area contributed by atoms with Gasteiger partial charge >= 0.3 is 0 Å². The molecule has 0 fully saturated rings. The van der Waals surface area contributed by atoms with Gasteiger partial charge in [0.25, 0.3) is 0 Å². The van der Waals surface area contributed by atoms with Gasteiger partial charge in [0.1, 0.15) is 11.6 Å². The Morgan fingerprint density at radius 1 is 1.20 bits per heavy atom. The molecule has 2 heterocycles. The van der Waals surface area contributed by atoms with Crippen molar-refractivity contribution < 1.29 is 0 Å². The van der Waals surface area contributed by atoms with Crippen LogP contribution in [0.2, 0.25) is 0 Å². The number of nitrogens with two attached hydrogens (primary N) is 1. The van der Waals surface area contributed by atoms with Crippen molar-refractivity contribution in [1.29, 1.82) is 0 Å². The van der Waals surface area contributed by atoms with Crippen molar-refractivity contribution in [1.82, 2.24) is 14.5 Å². The van der Waals surface area contributed by atoms with E-state index in [0.717, 1.165) is 29.9 Å². The molecule has 102 valence electrons. The molecule has 0 aliphatic carbocycles. The van der Waals surface area contributed by atoms with Crippen LogP contribution in [0.3, 0.4) is 0 Å². The van der Waals surface area contributed by atoms with Gasteiger partial charge in [0, 0.05) is 18.3 Å². The molecule has 0 bridgehead atoms. The fourth-order valence-electron chi connectivity index (χ4n) is 2.50. The summed E-state index contributed by atoms with van der Waals surface area (Å²) in [6, 6.07) is 10.2. The Kier molecular flexibility index (Phi) is 3.14. The summed E-state index contributed by atoms with van der Waals surface area (Å²) >= 11 is 0. The van der Waals surface area contributed by atoms with Crippen LogP contribution in [0.15, 0.2) is 36.5 Å². The van der Waals surface area contributed by atoms with Crippen LogP contribution in [0, 0.1) is 6.92 Å². The van der Waals surface area contributed by atoms with E-state index in [1.165, 1.54) is 11.1 Å². The number of hydrogen-bond acceptors (Lipinski definition) is 3. The number of imidazole rings is 1. The van der Waals surface area contributed by atoms with Crippen LogP contribution in [-0.4, -0.2) is 14.5 Å². The van der Waals surface area contributed by atoms with Crippen LogP contribution in [0.5, 0.6) is 0 Å². The van der Waals surface area contributed by atoms with E-state index < -0.39 is 0 Å². The SMILES string of the molecule is CCCn1c(-c2ccnc(N)c2)nc2cc(C)ccc21. The smallest absolute Gasteiger partial charge is 0.141 e. The maximum Gasteiger partial charge on any atom is 0.141 e. The summed E-state index contributed by atoms with van der Waals surface area (Å²) in [6.45, 7) is 5.20. The third-order valence-corrected chi connectivity index (χ3v) is 3.39. The van der Waals surface area contributed by atoms with Crippen molar-refractivity contribution in [3.05, 3.63) is 42.1 Å². The fraction of sp³-hybridized carbons (Fsp3) is 0.250. The lowest BCUT2D eigenvalue weighted by Gasteiger charge is -2.08. The monoisotopic (exact) mass is 266 g/mol. The molecule has 0 radical (unpaired) electrons.